The highest BCUT2D eigenvalue weighted by atomic mass is 35.5. The van der Waals surface area contributed by atoms with Crippen molar-refractivity contribution in [3.63, 3.8) is 0 Å². The zero-order valence-corrected chi connectivity index (χ0v) is 13.7. The van der Waals surface area contributed by atoms with E-state index in [-0.39, 0.29) is 33.5 Å². The van der Waals surface area contributed by atoms with Gasteiger partial charge < -0.3 is 0 Å². The summed E-state index contributed by atoms with van der Waals surface area (Å²) in [6.07, 6.45) is -1.92. The molecule has 136 valence electrons. The first-order valence-electron chi connectivity index (χ1n) is 7.24. The highest BCUT2D eigenvalue weighted by Gasteiger charge is 2.36. The Balaban J connectivity index is 2.10. The second-order valence-corrected chi connectivity index (χ2v) is 5.80. The second-order valence-electron chi connectivity index (χ2n) is 5.46. The quantitative estimate of drug-likeness (QED) is 0.503. The van der Waals surface area contributed by atoms with E-state index in [1.54, 1.807) is 5.10 Å². The van der Waals surface area contributed by atoms with Crippen molar-refractivity contribution in [1.29, 1.82) is 5.26 Å². The first kappa shape index (κ1) is 17.0. The molecule has 0 bridgehead atoms. The minimum atomic E-state index is -4.75. The molecule has 0 aliphatic heterocycles. The number of hydrogen-bond acceptors (Lipinski definition) is 4. The molecule has 4 aromatic rings. The molecular weight excluding hydrogens is 390 g/mol. The third-order valence-electron chi connectivity index (χ3n) is 3.84. The Labute approximate surface area is 152 Å². The number of nitrogens with zero attached hydrogens (tertiary/aromatic N) is 5. The Bertz CT molecular complexity index is 1200. The lowest BCUT2D eigenvalue weighted by atomic mass is 10.0. The van der Waals surface area contributed by atoms with Crippen LogP contribution < -0.4 is 0 Å². The molecule has 0 spiro atoms. The summed E-state index contributed by atoms with van der Waals surface area (Å²) in [5.74, 6) is -2.53. The molecule has 0 amide bonds. The summed E-state index contributed by atoms with van der Waals surface area (Å²) in [6, 6.07) is 4.17. The van der Waals surface area contributed by atoms with E-state index in [0.29, 0.717) is 5.56 Å². The second kappa shape index (κ2) is 5.82. The number of H-pyrrole nitrogens is 2. The van der Waals surface area contributed by atoms with Crippen LogP contribution in [0.5, 0.6) is 0 Å². The summed E-state index contributed by atoms with van der Waals surface area (Å²) in [4.78, 5) is 3.44. The number of aromatic nitrogens is 6. The Hall–Kier alpha value is -3.39. The van der Waals surface area contributed by atoms with Crippen molar-refractivity contribution in [1.82, 2.24) is 29.5 Å². The Kier molecular flexibility index (Phi) is 3.67. The first-order chi connectivity index (χ1) is 12.8. The van der Waals surface area contributed by atoms with Crippen molar-refractivity contribution in [3.8, 4) is 28.7 Å². The van der Waals surface area contributed by atoms with Gasteiger partial charge in [0.25, 0.3) is 0 Å². The number of nitrogens with one attached hydrogen (secondary N) is 2. The van der Waals surface area contributed by atoms with Crippen LogP contribution in [0.2, 0.25) is 0 Å². The van der Waals surface area contributed by atoms with Crippen LogP contribution in [-0.2, 0) is 6.18 Å². The fourth-order valence-electron chi connectivity index (χ4n) is 2.77. The van der Waals surface area contributed by atoms with E-state index in [9.17, 15) is 17.6 Å². The Morgan fingerprint density at radius 3 is 2.63 bits per heavy atom. The largest absolute Gasteiger partial charge is 0.451 e. The van der Waals surface area contributed by atoms with Crippen molar-refractivity contribution in [2.75, 3.05) is 0 Å². The van der Waals surface area contributed by atoms with Gasteiger partial charge in [0.1, 0.15) is 17.0 Å². The minimum Gasteiger partial charge on any atom is -0.285 e. The van der Waals surface area contributed by atoms with E-state index in [1.165, 1.54) is 18.5 Å². The van der Waals surface area contributed by atoms with E-state index >= 15 is 0 Å². The zero-order chi connectivity index (χ0) is 19.3. The maximum Gasteiger partial charge on any atom is 0.451 e. The van der Waals surface area contributed by atoms with Crippen LogP contribution in [0, 0.1) is 17.1 Å². The molecule has 0 saturated heterocycles. The van der Waals surface area contributed by atoms with Crippen LogP contribution in [0.3, 0.4) is 0 Å². The van der Waals surface area contributed by atoms with Crippen LogP contribution in [-0.4, -0.2) is 29.5 Å². The SMILES string of the molecule is N#Cc1cc(F)c2c(c1)c(-c1cn[nH]c1)c(-c1n[nH]c(C(F)(F)F)n1)n2Cl. The number of benzene rings is 1. The van der Waals surface area contributed by atoms with Crippen LogP contribution in [0.25, 0.3) is 33.5 Å². The molecule has 0 fully saturated rings. The Morgan fingerprint density at radius 1 is 1.26 bits per heavy atom. The van der Waals surface area contributed by atoms with Gasteiger partial charge in [0, 0.05) is 34.5 Å². The lowest BCUT2D eigenvalue weighted by Crippen LogP contribution is -2.07. The number of fused-ring (bicyclic) bond motifs is 1. The van der Waals surface area contributed by atoms with E-state index in [0.717, 1.165) is 10.2 Å². The molecule has 4 rings (SSSR count). The van der Waals surface area contributed by atoms with Crippen molar-refractivity contribution >= 4 is 22.7 Å². The molecule has 0 aliphatic rings. The van der Waals surface area contributed by atoms with Crippen LogP contribution in [0.15, 0.2) is 24.5 Å². The fourth-order valence-corrected chi connectivity index (χ4v) is 3.10. The first-order valence-corrected chi connectivity index (χ1v) is 7.58. The molecule has 1 aromatic carbocycles. The number of aromatic amines is 2. The van der Waals surface area contributed by atoms with Gasteiger partial charge in [-0.05, 0) is 12.1 Å². The van der Waals surface area contributed by atoms with Gasteiger partial charge in [-0.1, -0.05) is 0 Å². The van der Waals surface area contributed by atoms with Gasteiger partial charge in [0.05, 0.1) is 17.8 Å². The monoisotopic (exact) mass is 395 g/mol. The number of hydrogen-bond donors (Lipinski definition) is 2. The van der Waals surface area contributed by atoms with Crippen molar-refractivity contribution in [2.24, 2.45) is 0 Å². The molecule has 2 N–H and O–H groups in total. The van der Waals surface area contributed by atoms with Crippen molar-refractivity contribution in [2.45, 2.75) is 6.18 Å². The third kappa shape index (κ3) is 2.61. The van der Waals surface area contributed by atoms with Gasteiger partial charge in [0.2, 0.25) is 5.82 Å². The standard InChI is InChI=1S/C15H6ClF4N7/c16-27-11-8(1-6(3-21)2-9(11)17)10(7-4-22-23-5-7)12(27)13-24-14(26-25-13)15(18,19)20/h1-2,4-5H,(H,22,23)(H,24,25,26). The average Bonchev–Trinajstić information content (AvgIpc) is 3.32. The fraction of sp³-hybridized carbons (Fsp3) is 0.0667. The van der Waals surface area contributed by atoms with Gasteiger partial charge >= 0.3 is 6.18 Å². The molecule has 7 nitrogen and oxygen atoms in total. The van der Waals surface area contributed by atoms with Gasteiger partial charge in [-0.15, -0.1) is 0 Å². The van der Waals surface area contributed by atoms with E-state index in [2.05, 4.69) is 20.3 Å². The summed E-state index contributed by atoms with van der Waals surface area (Å²) in [5, 5.41) is 21.0. The van der Waals surface area contributed by atoms with Crippen molar-refractivity contribution in [3.05, 3.63) is 41.7 Å². The summed E-state index contributed by atoms with van der Waals surface area (Å²) >= 11 is 6.23. The zero-order valence-electron chi connectivity index (χ0n) is 12.9. The van der Waals surface area contributed by atoms with E-state index in [1.807, 2.05) is 6.07 Å². The van der Waals surface area contributed by atoms with Gasteiger partial charge in [0.15, 0.2) is 5.82 Å². The summed E-state index contributed by atoms with van der Waals surface area (Å²) < 4.78 is 54.0. The lowest BCUT2D eigenvalue weighted by molar-refractivity contribution is -0.144. The predicted octanol–water partition coefficient (Wildman–Crippen LogP) is 3.85. The van der Waals surface area contributed by atoms with Crippen LogP contribution >= 0.6 is 11.8 Å². The molecule has 0 aliphatic carbocycles. The van der Waals surface area contributed by atoms with Crippen LogP contribution in [0.4, 0.5) is 17.6 Å². The number of halogens is 5. The summed E-state index contributed by atoms with van der Waals surface area (Å²) in [7, 11) is 0. The van der Waals surface area contributed by atoms with E-state index < -0.39 is 17.8 Å². The van der Waals surface area contributed by atoms with Crippen LogP contribution in [0.1, 0.15) is 11.4 Å². The van der Waals surface area contributed by atoms with Gasteiger partial charge in [-0.3, -0.25) is 10.2 Å². The highest BCUT2D eigenvalue weighted by Crippen LogP contribution is 2.42. The normalized spacial score (nSPS) is 11.9. The Morgan fingerprint density at radius 2 is 2.04 bits per heavy atom. The molecule has 0 saturated carbocycles. The number of rotatable bonds is 2. The minimum absolute atomic E-state index is 0.0181. The number of nitriles is 1. The molecule has 27 heavy (non-hydrogen) atoms. The summed E-state index contributed by atoms with van der Waals surface area (Å²) in [5.41, 5.74) is 0.457. The molecule has 3 heterocycles. The molecule has 0 radical (unpaired) electrons. The third-order valence-corrected chi connectivity index (χ3v) is 4.18. The molecule has 0 atom stereocenters. The molecular formula is C15H6ClF4N7. The molecule has 12 heteroatoms. The maximum atomic E-state index is 14.5. The predicted molar refractivity (Wildman–Crippen MR) is 85.8 cm³/mol. The van der Waals surface area contributed by atoms with Gasteiger partial charge in [-0.2, -0.15) is 28.6 Å². The molecule has 0 unspecified atom stereocenters. The molecule has 3 aromatic heterocycles. The average molecular weight is 396 g/mol. The smallest absolute Gasteiger partial charge is 0.285 e. The lowest BCUT2D eigenvalue weighted by Gasteiger charge is -2.01. The topological polar surface area (TPSA) is 99.0 Å². The number of alkyl halides is 3. The van der Waals surface area contributed by atoms with E-state index in [4.69, 9.17) is 17.0 Å². The summed E-state index contributed by atoms with van der Waals surface area (Å²) in [6.45, 7) is 0. The highest BCUT2D eigenvalue weighted by molar-refractivity contribution is 6.24. The maximum absolute atomic E-state index is 14.5. The van der Waals surface area contributed by atoms with Crippen molar-refractivity contribution < 1.29 is 17.6 Å². The van der Waals surface area contributed by atoms with Gasteiger partial charge in [-0.25, -0.2) is 13.5 Å².